The maximum absolute atomic E-state index is 5.86. The molecule has 110 valence electrons. The minimum absolute atomic E-state index is 0.255. The molecule has 2 saturated heterocycles. The zero-order valence-corrected chi connectivity index (χ0v) is 11.9. The van der Waals surface area contributed by atoms with Gasteiger partial charge in [-0.3, -0.25) is 9.89 Å². The van der Waals surface area contributed by atoms with Gasteiger partial charge in [0.1, 0.15) is 6.17 Å². The molecule has 0 aromatic heterocycles. The van der Waals surface area contributed by atoms with Crippen molar-refractivity contribution in [3.8, 4) is 0 Å². The molecule has 1 aliphatic carbocycles. The molecule has 0 amide bonds. The number of hydrogen-bond donors (Lipinski definition) is 1. The van der Waals surface area contributed by atoms with Gasteiger partial charge < -0.3 is 14.8 Å². The van der Waals surface area contributed by atoms with E-state index in [0.717, 1.165) is 32.5 Å². The summed E-state index contributed by atoms with van der Waals surface area (Å²) in [5.74, 6) is -0.358. The second kappa shape index (κ2) is 5.13. The number of rotatable bonds is 1. The molecule has 1 unspecified atom stereocenters. The Balaban J connectivity index is 1.55. The Morgan fingerprint density at radius 2 is 2.00 bits per heavy atom. The van der Waals surface area contributed by atoms with E-state index in [9.17, 15) is 0 Å². The van der Waals surface area contributed by atoms with Gasteiger partial charge in [0.25, 0.3) is 0 Å². The molecule has 1 atom stereocenters. The van der Waals surface area contributed by atoms with Crippen molar-refractivity contribution < 1.29 is 9.47 Å². The number of nitrogens with one attached hydrogen (secondary N) is 1. The molecular formula is C15H23N3O2. The van der Waals surface area contributed by atoms with Crippen LogP contribution in [0, 0.1) is 0 Å². The Morgan fingerprint density at radius 3 is 2.80 bits per heavy atom. The van der Waals surface area contributed by atoms with Crippen LogP contribution >= 0.6 is 0 Å². The van der Waals surface area contributed by atoms with Crippen molar-refractivity contribution >= 4 is 6.34 Å². The summed E-state index contributed by atoms with van der Waals surface area (Å²) >= 11 is 0. The minimum atomic E-state index is -0.358. The average molecular weight is 277 g/mol. The molecule has 5 heteroatoms. The van der Waals surface area contributed by atoms with Gasteiger partial charge in [-0.15, -0.1) is 0 Å². The van der Waals surface area contributed by atoms with E-state index >= 15 is 0 Å². The molecule has 5 nitrogen and oxygen atoms in total. The van der Waals surface area contributed by atoms with Gasteiger partial charge in [-0.2, -0.15) is 0 Å². The fourth-order valence-electron chi connectivity index (χ4n) is 3.87. The van der Waals surface area contributed by atoms with Crippen LogP contribution in [0.4, 0.5) is 0 Å². The third-order valence-corrected chi connectivity index (χ3v) is 4.93. The highest BCUT2D eigenvalue weighted by Crippen LogP contribution is 2.40. The standard InChI is InChI=1S/C15H23N3O2/c1-2-6-18(7-3-1)14-12-4-5-15(19-8-9-20-15)10-13(12)16-11-17-14/h11,14H,1-10H2,(H,16,17). The van der Waals surface area contributed by atoms with Crippen LogP contribution in [0.3, 0.4) is 0 Å². The zero-order chi connectivity index (χ0) is 13.4. The Bertz CT molecular complexity index is 434. The Hall–Kier alpha value is -0.910. The van der Waals surface area contributed by atoms with Crippen molar-refractivity contribution in [2.24, 2.45) is 4.99 Å². The zero-order valence-electron chi connectivity index (χ0n) is 11.9. The number of hydrogen-bond acceptors (Lipinski definition) is 5. The van der Waals surface area contributed by atoms with Crippen LogP contribution in [0.25, 0.3) is 0 Å². The molecule has 0 saturated carbocycles. The van der Waals surface area contributed by atoms with Crippen LogP contribution in [0.15, 0.2) is 16.3 Å². The first kappa shape index (κ1) is 12.8. The first-order chi connectivity index (χ1) is 9.86. The summed E-state index contributed by atoms with van der Waals surface area (Å²) in [7, 11) is 0. The summed E-state index contributed by atoms with van der Waals surface area (Å²) in [6.07, 6.45) is 8.93. The number of nitrogens with zero attached hydrogens (tertiary/aromatic N) is 2. The Kier molecular flexibility index (Phi) is 3.28. The Labute approximate surface area is 120 Å². The van der Waals surface area contributed by atoms with Gasteiger partial charge in [0.15, 0.2) is 5.79 Å². The second-order valence-corrected chi connectivity index (χ2v) is 6.18. The van der Waals surface area contributed by atoms with Crippen LogP contribution in [0.2, 0.25) is 0 Å². The highest BCUT2D eigenvalue weighted by Gasteiger charge is 2.43. The molecule has 0 aromatic rings. The van der Waals surface area contributed by atoms with E-state index < -0.39 is 0 Å². The topological polar surface area (TPSA) is 46.1 Å². The van der Waals surface area contributed by atoms with Crippen molar-refractivity contribution in [2.75, 3.05) is 26.3 Å². The van der Waals surface area contributed by atoms with Gasteiger partial charge >= 0.3 is 0 Å². The summed E-state index contributed by atoms with van der Waals surface area (Å²) in [6.45, 7) is 3.81. The van der Waals surface area contributed by atoms with Crippen molar-refractivity contribution in [2.45, 2.75) is 50.5 Å². The van der Waals surface area contributed by atoms with E-state index in [4.69, 9.17) is 14.5 Å². The van der Waals surface area contributed by atoms with Gasteiger partial charge in [0, 0.05) is 31.6 Å². The van der Waals surface area contributed by atoms with Gasteiger partial charge in [-0.05, 0) is 24.8 Å². The highest BCUT2D eigenvalue weighted by atomic mass is 16.7. The minimum Gasteiger partial charge on any atom is -0.350 e. The Morgan fingerprint density at radius 1 is 1.20 bits per heavy atom. The van der Waals surface area contributed by atoms with Crippen molar-refractivity contribution in [1.82, 2.24) is 10.2 Å². The smallest absolute Gasteiger partial charge is 0.174 e. The SMILES string of the molecule is C1=NC(N2CCCCC2)C2=C(CC3(CC2)OCCO3)N1. The monoisotopic (exact) mass is 277 g/mol. The average Bonchev–Trinajstić information content (AvgIpc) is 2.95. The molecule has 4 aliphatic rings. The van der Waals surface area contributed by atoms with Crippen LogP contribution in [0.1, 0.15) is 38.5 Å². The lowest BCUT2D eigenvalue weighted by molar-refractivity contribution is -0.164. The fraction of sp³-hybridized carbons (Fsp3) is 0.800. The van der Waals surface area contributed by atoms with Crippen molar-refractivity contribution in [3.05, 3.63) is 11.3 Å². The highest BCUT2D eigenvalue weighted by molar-refractivity contribution is 5.61. The molecule has 3 heterocycles. The number of ether oxygens (including phenoxy) is 2. The molecule has 20 heavy (non-hydrogen) atoms. The van der Waals surface area contributed by atoms with Crippen LogP contribution in [-0.4, -0.2) is 49.5 Å². The lowest BCUT2D eigenvalue weighted by atomic mass is 9.88. The third kappa shape index (κ3) is 2.18. The van der Waals surface area contributed by atoms with E-state index in [1.807, 2.05) is 6.34 Å². The summed E-state index contributed by atoms with van der Waals surface area (Å²) in [5, 5.41) is 3.34. The van der Waals surface area contributed by atoms with Crippen LogP contribution < -0.4 is 5.32 Å². The van der Waals surface area contributed by atoms with Gasteiger partial charge in [0.05, 0.1) is 19.6 Å². The van der Waals surface area contributed by atoms with Gasteiger partial charge in [-0.25, -0.2) is 0 Å². The van der Waals surface area contributed by atoms with E-state index in [1.54, 1.807) is 0 Å². The predicted octanol–water partition coefficient (Wildman–Crippen LogP) is 1.61. The summed E-state index contributed by atoms with van der Waals surface area (Å²) < 4.78 is 11.7. The maximum atomic E-state index is 5.86. The summed E-state index contributed by atoms with van der Waals surface area (Å²) in [4.78, 5) is 7.24. The summed E-state index contributed by atoms with van der Waals surface area (Å²) in [5.41, 5.74) is 2.74. The maximum Gasteiger partial charge on any atom is 0.174 e. The van der Waals surface area contributed by atoms with Crippen molar-refractivity contribution in [1.29, 1.82) is 0 Å². The third-order valence-electron chi connectivity index (χ3n) is 4.93. The number of aliphatic imine (C=N–C) groups is 1. The predicted molar refractivity (Wildman–Crippen MR) is 76.4 cm³/mol. The fourth-order valence-corrected chi connectivity index (χ4v) is 3.87. The van der Waals surface area contributed by atoms with E-state index in [0.29, 0.717) is 0 Å². The quantitative estimate of drug-likeness (QED) is 0.791. The first-order valence-corrected chi connectivity index (χ1v) is 7.88. The molecule has 2 fully saturated rings. The number of piperidine rings is 1. The summed E-state index contributed by atoms with van der Waals surface area (Å²) in [6, 6.07) is 0. The molecule has 1 N–H and O–H groups in total. The largest absolute Gasteiger partial charge is 0.350 e. The number of likely N-dealkylation sites (tertiary alicyclic amines) is 1. The van der Waals surface area contributed by atoms with Gasteiger partial charge in [-0.1, -0.05) is 6.42 Å². The van der Waals surface area contributed by atoms with Crippen molar-refractivity contribution in [3.63, 3.8) is 0 Å². The lowest BCUT2D eigenvalue weighted by Crippen LogP contribution is -2.46. The second-order valence-electron chi connectivity index (χ2n) is 6.18. The molecule has 1 spiro atoms. The van der Waals surface area contributed by atoms with E-state index in [1.165, 1.54) is 43.6 Å². The van der Waals surface area contributed by atoms with E-state index in [2.05, 4.69) is 10.2 Å². The van der Waals surface area contributed by atoms with Gasteiger partial charge in [0.2, 0.25) is 0 Å². The lowest BCUT2D eigenvalue weighted by Gasteiger charge is -2.41. The van der Waals surface area contributed by atoms with Crippen LogP contribution in [-0.2, 0) is 9.47 Å². The molecule has 0 radical (unpaired) electrons. The molecular weight excluding hydrogens is 254 g/mol. The van der Waals surface area contributed by atoms with E-state index in [-0.39, 0.29) is 12.0 Å². The molecule has 4 rings (SSSR count). The normalized spacial score (nSPS) is 33.3. The van der Waals surface area contributed by atoms with Crippen LogP contribution in [0.5, 0.6) is 0 Å². The molecule has 0 bridgehead atoms. The first-order valence-electron chi connectivity index (χ1n) is 7.88. The molecule has 0 aromatic carbocycles. The molecule has 3 aliphatic heterocycles.